The second kappa shape index (κ2) is 3.83. The van der Waals surface area contributed by atoms with Crippen LogP contribution in [-0.4, -0.2) is 16.2 Å². The Morgan fingerprint density at radius 2 is 2.36 bits per heavy atom. The minimum atomic E-state index is -0.230. The fourth-order valence-electron chi connectivity index (χ4n) is 1.10. The third-order valence-corrected chi connectivity index (χ3v) is 2.26. The Kier molecular flexibility index (Phi) is 3.02. The van der Waals surface area contributed by atoms with Crippen LogP contribution in [0.3, 0.4) is 0 Å². The zero-order chi connectivity index (χ0) is 8.27. The molecule has 0 radical (unpaired) electrons. The van der Waals surface area contributed by atoms with Gasteiger partial charge in [-0.15, -0.1) is 11.3 Å². The van der Waals surface area contributed by atoms with Crippen LogP contribution in [0.15, 0.2) is 10.9 Å². The van der Waals surface area contributed by atoms with Gasteiger partial charge in [-0.2, -0.15) is 0 Å². The zero-order valence-corrected chi connectivity index (χ0v) is 7.64. The van der Waals surface area contributed by atoms with E-state index in [2.05, 4.69) is 11.9 Å². The third kappa shape index (κ3) is 2.60. The molecule has 0 saturated heterocycles. The van der Waals surface area contributed by atoms with Crippen LogP contribution in [0, 0.1) is 0 Å². The van der Waals surface area contributed by atoms with Crippen molar-refractivity contribution in [1.82, 2.24) is 4.98 Å². The van der Waals surface area contributed by atoms with Gasteiger partial charge in [0.1, 0.15) is 0 Å². The van der Waals surface area contributed by atoms with Crippen molar-refractivity contribution in [2.45, 2.75) is 32.3 Å². The molecule has 0 bridgehead atoms. The minimum absolute atomic E-state index is 0.230. The number of hydrogen-bond donors (Lipinski definition) is 1. The van der Waals surface area contributed by atoms with Crippen LogP contribution in [0.1, 0.15) is 31.9 Å². The molecule has 0 aliphatic rings. The molecule has 1 aromatic rings. The SMILES string of the molecule is CC(O)CC(C)c1cscn1. The van der Waals surface area contributed by atoms with E-state index in [-0.39, 0.29) is 6.10 Å². The van der Waals surface area contributed by atoms with E-state index < -0.39 is 0 Å². The molecule has 0 fully saturated rings. The Bertz CT molecular complexity index is 196. The van der Waals surface area contributed by atoms with Gasteiger partial charge in [0.05, 0.1) is 17.3 Å². The first kappa shape index (κ1) is 8.68. The number of thiazole rings is 1. The molecule has 0 aliphatic heterocycles. The maximum Gasteiger partial charge on any atom is 0.0794 e. The van der Waals surface area contributed by atoms with Crippen LogP contribution in [-0.2, 0) is 0 Å². The van der Waals surface area contributed by atoms with Crippen molar-refractivity contribution in [2.75, 3.05) is 0 Å². The first-order valence-electron chi connectivity index (χ1n) is 3.76. The predicted molar refractivity (Wildman–Crippen MR) is 46.8 cm³/mol. The molecule has 62 valence electrons. The van der Waals surface area contributed by atoms with Crippen LogP contribution in [0.4, 0.5) is 0 Å². The predicted octanol–water partition coefficient (Wildman–Crippen LogP) is 2.02. The Labute approximate surface area is 70.9 Å². The summed E-state index contributed by atoms with van der Waals surface area (Å²) in [6.45, 7) is 3.89. The van der Waals surface area contributed by atoms with Crippen molar-refractivity contribution in [3.63, 3.8) is 0 Å². The van der Waals surface area contributed by atoms with Crippen molar-refractivity contribution in [1.29, 1.82) is 0 Å². The van der Waals surface area contributed by atoms with E-state index in [0.717, 1.165) is 12.1 Å². The second-order valence-electron chi connectivity index (χ2n) is 2.90. The van der Waals surface area contributed by atoms with Crippen LogP contribution in [0.2, 0.25) is 0 Å². The average Bonchev–Trinajstić information content (AvgIpc) is 2.35. The quantitative estimate of drug-likeness (QED) is 0.754. The van der Waals surface area contributed by atoms with E-state index in [4.69, 9.17) is 5.11 Å². The molecule has 0 aromatic carbocycles. The van der Waals surface area contributed by atoms with Gasteiger partial charge in [0.15, 0.2) is 0 Å². The Hall–Kier alpha value is -0.410. The van der Waals surface area contributed by atoms with Crippen molar-refractivity contribution >= 4 is 11.3 Å². The molecule has 1 rings (SSSR count). The van der Waals surface area contributed by atoms with Gasteiger partial charge in [0, 0.05) is 11.3 Å². The van der Waals surface area contributed by atoms with Crippen LogP contribution in [0.5, 0.6) is 0 Å². The fraction of sp³-hybridized carbons (Fsp3) is 0.625. The zero-order valence-electron chi connectivity index (χ0n) is 6.82. The summed E-state index contributed by atoms with van der Waals surface area (Å²) in [4.78, 5) is 4.18. The summed E-state index contributed by atoms with van der Waals surface area (Å²) >= 11 is 1.60. The molecule has 0 spiro atoms. The normalized spacial score (nSPS) is 16.3. The standard InChI is InChI=1S/C8H13NOS/c1-6(3-7(2)10)8-4-11-5-9-8/h4-7,10H,3H2,1-2H3. The Balaban J connectivity index is 2.49. The van der Waals surface area contributed by atoms with Crippen molar-refractivity contribution < 1.29 is 5.11 Å². The van der Waals surface area contributed by atoms with Gasteiger partial charge in [-0.3, -0.25) is 0 Å². The summed E-state index contributed by atoms with van der Waals surface area (Å²) in [6.07, 6.45) is 0.565. The summed E-state index contributed by atoms with van der Waals surface area (Å²) in [5.74, 6) is 0.376. The molecule has 0 amide bonds. The topological polar surface area (TPSA) is 33.1 Å². The van der Waals surface area contributed by atoms with Gasteiger partial charge in [-0.25, -0.2) is 4.98 Å². The van der Waals surface area contributed by atoms with Gasteiger partial charge in [0.25, 0.3) is 0 Å². The maximum absolute atomic E-state index is 9.10. The van der Waals surface area contributed by atoms with Crippen molar-refractivity contribution in [3.05, 3.63) is 16.6 Å². The third-order valence-electron chi connectivity index (χ3n) is 1.65. The highest BCUT2D eigenvalue weighted by atomic mass is 32.1. The van der Waals surface area contributed by atoms with Crippen LogP contribution >= 0.6 is 11.3 Å². The molecule has 1 aromatic heterocycles. The van der Waals surface area contributed by atoms with Gasteiger partial charge >= 0.3 is 0 Å². The highest BCUT2D eigenvalue weighted by Crippen LogP contribution is 2.19. The summed E-state index contributed by atoms with van der Waals surface area (Å²) in [6, 6.07) is 0. The van der Waals surface area contributed by atoms with E-state index in [1.807, 2.05) is 17.8 Å². The summed E-state index contributed by atoms with van der Waals surface area (Å²) in [5.41, 5.74) is 2.92. The molecule has 1 heterocycles. The molecular formula is C8H13NOS. The first-order valence-corrected chi connectivity index (χ1v) is 4.70. The fourth-order valence-corrected chi connectivity index (χ4v) is 1.77. The number of nitrogens with zero attached hydrogens (tertiary/aromatic N) is 1. The van der Waals surface area contributed by atoms with Gasteiger partial charge in [0.2, 0.25) is 0 Å². The average molecular weight is 171 g/mol. The number of rotatable bonds is 3. The molecule has 2 unspecified atom stereocenters. The monoisotopic (exact) mass is 171 g/mol. The smallest absolute Gasteiger partial charge is 0.0794 e. The lowest BCUT2D eigenvalue weighted by Crippen LogP contribution is -2.05. The Morgan fingerprint density at radius 3 is 2.82 bits per heavy atom. The lowest BCUT2D eigenvalue weighted by Gasteiger charge is -2.09. The largest absolute Gasteiger partial charge is 0.393 e. The van der Waals surface area contributed by atoms with E-state index in [9.17, 15) is 0 Å². The number of aliphatic hydroxyl groups excluding tert-OH is 1. The van der Waals surface area contributed by atoms with Crippen LogP contribution < -0.4 is 0 Å². The minimum Gasteiger partial charge on any atom is -0.393 e. The van der Waals surface area contributed by atoms with Crippen molar-refractivity contribution in [2.24, 2.45) is 0 Å². The number of hydrogen-bond acceptors (Lipinski definition) is 3. The molecule has 0 saturated carbocycles. The number of aliphatic hydroxyl groups is 1. The lowest BCUT2D eigenvalue weighted by atomic mass is 10.0. The molecule has 2 atom stereocenters. The van der Waals surface area contributed by atoms with Crippen molar-refractivity contribution in [3.8, 4) is 0 Å². The summed E-state index contributed by atoms with van der Waals surface area (Å²) in [7, 11) is 0. The van der Waals surface area contributed by atoms with E-state index >= 15 is 0 Å². The molecule has 0 aliphatic carbocycles. The van der Waals surface area contributed by atoms with Gasteiger partial charge in [-0.05, 0) is 13.3 Å². The first-order chi connectivity index (χ1) is 5.20. The lowest BCUT2D eigenvalue weighted by molar-refractivity contribution is 0.176. The summed E-state index contributed by atoms with van der Waals surface area (Å²) in [5, 5.41) is 11.1. The molecule has 11 heavy (non-hydrogen) atoms. The molecular weight excluding hydrogens is 158 g/mol. The van der Waals surface area contributed by atoms with E-state index in [0.29, 0.717) is 5.92 Å². The molecule has 2 nitrogen and oxygen atoms in total. The number of aromatic nitrogens is 1. The van der Waals surface area contributed by atoms with Gasteiger partial charge < -0.3 is 5.11 Å². The van der Waals surface area contributed by atoms with E-state index in [1.54, 1.807) is 11.3 Å². The highest BCUT2D eigenvalue weighted by molar-refractivity contribution is 7.07. The maximum atomic E-state index is 9.10. The Morgan fingerprint density at radius 1 is 1.64 bits per heavy atom. The highest BCUT2D eigenvalue weighted by Gasteiger charge is 2.09. The summed E-state index contributed by atoms with van der Waals surface area (Å²) < 4.78 is 0. The van der Waals surface area contributed by atoms with E-state index in [1.165, 1.54) is 0 Å². The molecule has 3 heteroatoms. The van der Waals surface area contributed by atoms with Crippen LogP contribution in [0.25, 0.3) is 0 Å². The molecule has 1 N–H and O–H groups in total. The van der Waals surface area contributed by atoms with Gasteiger partial charge in [-0.1, -0.05) is 6.92 Å². The second-order valence-corrected chi connectivity index (χ2v) is 3.62.